The number of carbonyl (C=O) groups excluding carboxylic acids is 2. The van der Waals surface area contributed by atoms with Gasteiger partial charge < -0.3 is 4.74 Å². The van der Waals surface area contributed by atoms with Gasteiger partial charge in [-0.25, -0.2) is 0 Å². The molecule has 0 fully saturated rings. The molecular weight excluding hydrogens is 282 g/mol. The number of allylic oxidation sites excluding steroid dienone is 2. The van der Waals surface area contributed by atoms with Crippen molar-refractivity contribution in [3.8, 4) is 5.75 Å². The second-order valence-corrected chi connectivity index (χ2v) is 5.63. The minimum Gasteiger partial charge on any atom is -0.497 e. The summed E-state index contributed by atoms with van der Waals surface area (Å²) >= 11 is 0. The standard InChI is InChI=1S/C13H11NO5S/c1-19-10-3-5-11(6-4-10)20(17,18)14-12-8-9(15)2-7-13(12)16/h2-7H,8H2,1H3. The zero-order chi connectivity index (χ0) is 14.8. The molecule has 0 unspecified atom stereocenters. The molecule has 104 valence electrons. The van der Waals surface area contributed by atoms with Crippen LogP contribution in [0.3, 0.4) is 0 Å². The van der Waals surface area contributed by atoms with Crippen LogP contribution in [0.5, 0.6) is 5.75 Å². The van der Waals surface area contributed by atoms with Crippen LogP contribution in [0.1, 0.15) is 6.42 Å². The minimum atomic E-state index is -4.02. The Hall–Kier alpha value is -2.28. The van der Waals surface area contributed by atoms with Gasteiger partial charge in [-0.05, 0) is 36.4 Å². The molecule has 0 saturated heterocycles. The average Bonchev–Trinajstić information content (AvgIpc) is 2.43. The molecule has 6 nitrogen and oxygen atoms in total. The summed E-state index contributed by atoms with van der Waals surface area (Å²) in [5, 5.41) is 0. The number of ether oxygens (including phenoxy) is 1. The smallest absolute Gasteiger partial charge is 0.282 e. The Morgan fingerprint density at radius 3 is 2.35 bits per heavy atom. The predicted octanol–water partition coefficient (Wildman–Crippen LogP) is 0.923. The van der Waals surface area contributed by atoms with Crippen molar-refractivity contribution in [1.82, 2.24) is 0 Å². The number of ketones is 2. The van der Waals surface area contributed by atoms with Gasteiger partial charge in [0.05, 0.1) is 18.4 Å². The van der Waals surface area contributed by atoms with Crippen molar-refractivity contribution >= 4 is 27.3 Å². The summed E-state index contributed by atoms with van der Waals surface area (Å²) in [7, 11) is -2.56. The van der Waals surface area contributed by atoms with Gasteiger partial charge >= 0.3 is 0 Å². The molecule has 2 rings (SSSR count). The van der Waals surface area contributed by atoms with E-state index in [0.717, 1.165) is 12.2 Å². The molecule has 0 atom stereocenters. The fourth-order valence-corrected chi connectivity index (χ4v) is 2.63. The van der Waals surface area contributed by atoms with Crippen molar-refractivity contribution in [2.75, 3.05) is 7.11 Å². The zero-order valence-corrected chi connectivity index (χ0v) is 11.4. The van der Waals surface area contributed by atoms with Gasteiger partial charge in [-0.2, -0.15) is 12.8 Å². The first-order valence-electron chi connectivity index (χ1n) is 5.65. The molecule has 0 spiro atoms. The van der Waals surface area contributed by atoms with Crippen molar-refractivity contribution < 1.29 is 22.7 Å². The van der Waals surface area contributed by atoms with Gasteiger partial charge in [-0.3, -0.25) is 9.59 Å². The summed E-state index contributed by atoms with van der Waals surface area (Å²) in [6.45, 7) is 0. The average molecular weight is 293 g/mol. The number of methoxy groups -OCH3 is 1. The second-order valence-electron chi connectivity index (χ2n) is 4.03. The van der Waals surface area contributed by atoms with E-state index in [1.807, 2.05) is 0 Å². The number of rotatable bonds is 3. The predicted molar refractivity (Wildman–Crippen MR) is 71.4 cm³/mol. The fraction of sp³-hybridized carbons (Fsp3) is 0.154. The molecule has 1 aliphatic carbocycles. The van der Waals surface area contributed by atoms with E-state index >= 15 is 0 Å². The van der Waals surface area contributed by atoms with Crippen LogP contribution < -0.4 is 4.74 Å². The quantitative estimate of drug-likeness (QED) is 0.826. The summed E-state index contributed by atoms with van der Waals surface area (Å²) in [5.41, 5.74) is -0.270. The maximum atomic E-state index is 12.0. The molecule has 7 heteroatoms. The van der Waals surface area contributed by atoms with Crippen LogP contribution in [0, 0.1) is 0 Å². The highest BCUT2D eigenvalue weighted by molar-refractivity contribution is 7.90. The van der Waals surface area contributed by atoms with E-state index in [4.69, 9.17) is 4.74 Å². The van der Waals surface area contributed by atoms with Crippen molar-refractivity contribution in [3.05, 3.63) is 36.4 Å². The summed E-state index contributed by atoms with van der Waals surface area (Å²) in [5.74, 6) is -0.418. The van der Waals surface area contributed by atoms with Crippen LogP contribution in [-0.4, -0.2) is 32.8 Å². The molecule has 0 amide bonds. The molecule has 0 saturated carbocycles. The first-order chi connectivity index (χ1) is 9.42. The van der Waals surface area contributed by atoms with Gasteiger partial charge in [0.1, 0.15) is 11.5 Å². The highest BCUT2D eigenvalue weighted by Gasteiger charge is 2.22. The number of sulfonamides is 1. The van der Waals surface area contributed by atoms with Crippen molar-refractivity contribution in [2.45, 2.75) is 11.3 Å². The SMILES string of the molecule is COc1ccc(S(=O)(=O)N=C2CC(=O)C=CC2=O)cc1. The Balaban J connectivity index is 2.37. The lowest BCUT2D eigenvalue weighted by atomic mass is 10.0. The van der Waals surface area contributed by atoms with Crippen LogP contribution in [0.15, 0.2) is 45.7 Å². The highest BCUT2D eigenvalue weighted by atomic mass is 32.2. The lowest BCUT2D eigenvalue weighted by molar-refractivity contribution is -0.116. The summed E-state index contributed by atoms with van der Waals surface area (Å²) in [6.07, 6.45) is 1.83. The van der Waals surface area contributed by atoms with Gasteiger partial charge in [0, 0.05) is 0 Å². The van der Waals surface area contributed by atoms with Gasteiger partial charge in [0.25, 0.3) is 10.0 Å². The topological polar surface area (TPSA) is 89.9 Å². The first-order valence-corrected chi connectivity index (χ1v) is 7.09. The molecule has 20 heavy (non-hydrogen) atoms. The fourth-order valence-electron chi connectivity index (χ4n) is 1.60. The Morgan fingerprint density at radius 2 is 1.75 bits per heavy atom. The minimum absolute atomic E-state index is 0.0689. The molecule has 0 aliphatic heterocycles. The van der Waals surface area contributed by atoms with E-state index in [9.17, 15) is 18.0 Å². The van der Waals surface area contributed by atoms with Gasteiger partial charge in [0.15, 0.2) is 5.78 Å². The number of nitrogens with zero attached hydrogens (tertiary/aromatic N) is 1. The van der Waals surface area contributed by atoms with Crippen LogP contribution in [0.4, 0.5) is 0 Å². The van der Waals surface area contributed by atoms with E-state index in [1.165, 1.54) is 31.4 Å². The van der Waals surface area contributed by atoms with Crippen molar-refractivity contribution in [1.29, 1.82) is 0 Å². The number of hydrogen-bond donors (Lipinski definition) is 0. The van der Waals surface area contributed by atoms with Crippen LogP contribution in [0.2, 0.25) is 0 Å². The molecule has 0 bridgehead atoms. The lowest BCUT2D eigenvalue weighted by Crippen LogP contribution is -2.21. The van der Waals surface area contributed by atoms with Crippen LogP contribution in [0.25, 0.3) is 0 Å². The maximum absolute atomic E-state index is 12.0. The summed E-state index contributed by atoms with van der Waals surface area (Å²) in [6, 6.07) is 5.59. The molecule has 0 N–H and O–H groups in total. The van der Waals surface area contributed by atoms with Crippen molar-refractivity contribution in [2.24, 2.45) is 4.40 Å². The lowest BCUT2D eigenvalue weighted by Gasteiger charge is -2.06. The van der Waals surface area contributed by atoms with Crippen LogP contribution >= 0.6 is 0 Å². The molecule has 1 aromatic rings. The Bertz CT molecular complexity index is 714. The monoisotopic (exact) mass is 293 g/mol. The third kappa shape index (κ3) is 3.00. The third-order valence-electron chi connectivity index (χ3n) is 2.63. The summed E-state index contributed by atoms with van der Waals surface area (Å²) < 4.78 is 32.4. The van der Waals surface area contributed by atoms with Gasteiger partial charge in [0.2, 0.25) is 5.78 Å². The second kappa shape index (κ2) is 5.38. The Kier molecular flexibility index (Phi) is 3.80. The molecule has 1 aromatic carbocycles. The van der Waals surface area contributed by atoms with E-state index in [0.29, 0.717) is 5.75 Å². The van der Waals surface area contributed by atoms with E-state index in [-0.39, 0.29) is 22.8 Å². The van der Waals surface area contributed by atoms with Gasteiger partial charge in [-0.15, -0.1) is 0 Å². The molecule has 0 heterocycles. The molecular formula is C13H11NO5S. The third-order valence-corrected chi connectivity index (χ3v) is 3.96. The Labute approximate surface area is 115 Å². The number of benzene rings is 1. The largest absolute Gasteiger partial charge is 0.497 e. The molecule has 0 aromatic heterocycles. The highest BCUT2D eigenvalue weighted by Crippen LogP contribution is 2.18. The van der Waals surface area contributed by atoms with E-state index < -0.39 is 15.8 Å². The van der Waals surface area contributed by atoms with E-state index in [1.54, 1.807) is 0 Å². The summed E-state index contributed by atoms with van der Waals surface area (Å²) in [4.78, 5) is 22.6. The maximum Gasteiger partial charge on any atom is 0.282 e. The zero-order valence-electron chi connectivity index (χ0n) is 10.6. The number of hydrogen-bond acceptors (Lipinski definition) is 5. The number of carbonyl (C=O) groups is 2. The normalized spacial score (nSPS) is 17.6. The van der Waals surface area contributed by atoms with Crippen molar-refractivity contribution in [3.63, 3.8) is 0 Å². The first kappa shape index (κ1) is 14.1. The Morgan fingerprint density at radius 1 is 1.10 bits per heavy atom. The van der Waals surface area contributed by atoms with Crippen LogP contribution in [-0.2, 0) is 19.6 Å². The van der Waals surface area contributed by atoms with E-state index in [2.05, 4.69) is 4.40 Å². The molecule has 0 radical (unpaired) electrons. The van der Waals surface area contributed by atoms with Gasteiger partial charge in [-0.1, -0.05) is 0 Å². The molecule has 1 aliphatic rings.